The number of carbonyl (C=O) groups excluding carboxylic acids is 3. The van der Waals surface area contributed by atoms with Gasteiger partial charge >= 0.3 is 5.97 Å². The van der Waals surface area contributed by atoms with Crippen molar-refractivity contribution in [2.24, 2.45) is 5.73 Å². The Morgan fingerprint density at radius 1 is 1.18 bits per heavy atom. The molecular formula is C14H22N4O4. The van der Waals surface area contributed by atoms with E-state index in [9.17, 15) is 14.4 Å². The van der Waals surface area contributed by atoms with E-state index >= 15 is 0 Å². The first kappa shape index (κ1) is 17.7. The number of rotatable bonds is 10. The van der Waals surface area contributed by atoms with Crippen LogP contribution in [0.2, 0.25) is 0 Å². The summed E-state index contributed by atoms with van der Waals surface area (Å²) >= 11 is 0. The number of amides is 2. The minimum Gasteiger partial charge on any atom is -0.469 e. The highest BCUT2D eigenvalue weighted by atomic mass is 16.5. The van der Waals surface area contributed by atoms with Crippen LogP contribution in [0.4, 0.5) is 5.69 Å². The molecule has 0 bridgehead atoms. The number of hydrogen-bond donors (Lipinski definition) is 3. The Labute approximate surface area is 128 Å². The van der Waals surface area contributed by atoms with Crippen molar-refractivity contribution >= 4 is 23.5 Å². The third kappa shape index (κ3) is 6.38. The largest absolute Gasteiger partial charge is 0.469 e. The molecule has 1 rings (SSSR count). The number of esters is 1. The van der Waals surface area contributed by atoms with Gasteiger partial charge in [0, 0.05) is 12.8 Å². The third-order valence-electron chi connectivity index (χ3n) is 3.17. The van der Waals surface area contributed by atoms with Crippen molar-refractivity contribution < 1.29 is 19.1 Å². The van der Waals surface area contributed by atoms with Crippen molar-refractivity contribution in [2.75, 3.05) is 12.4 Å². The summed E-state index contributed by atoms with van der Waals surface area (Å²) < 4.78 is 4.55. The molecule has 0 saturated carbocycles. The zero-order chi connectivity index (χ0) is 16.4. The monoisotopic (exact) mass is 310 g/mol. The lowest BCUT2D eigenvalue weighted by Gasteiger charge is -2.04. The van der Waals surface area contributed by atoms with Gasteiger partial charge in [-0.15, -0.1) is 0 Å². The van der Waals surface area contributed by atoms with Crippen LogP contribution in [0.1, 0.15) is 55.4 Å². The van der Waals surface area contributed by atoms with Gasteiger partial charge in [-0.2, -0.15) is 5.10 Å². The first-order valence-corrected chi connectivity index (χ1v) is 7.24. The maximum absolute atomic E-state index is 11.7. The molecule has 0 atom stereocenters. The van der Waals surface area contributed by atoms with Crippen LogP contribution in [0.25, 0.3) is 0 Å². The minimum absolute atomic E-state index is 0.0937. The second-order valence-corrected chi connectivity index (χ2v) is 4.92. The number of ether oxygens (including phenoxy) is 1. The highest BCUT2D eigenvalue weighted by Crippen LogP contribution is 2.12. The van der Waals surface area contributed by atoms with Crippen molar-refractivity contribution in [1.82, 2.24) is 10.2 Å². The molecule has 0 aliphatic heterocycles. The SMILES string of the molecule is COC(=O)CCCCCCCC(=O)Nc1cn[nH]c1C(N)=O. The van der Waals surface area contributed by atoms with Gasteiger partial charge in [0.2, 0.25) is 5.91 Å². The minimum atomic E-state index is -0.668. The van der Waals surface area contributed by atoms with E-state index in [4.69, 9.17) is 5.73 Å². The fraction of sp³-hybridized carbons (Fsp3) is 0.571. The van der Waals surface area contributed by atoms with Gasteiger partial charge in [0.25, 0.3) is 5.91 Å². The molecule has 22 heavy (non-hydrogen) atoms. The quantitative estimate of drug-likeness (QED) is 0.444. The lowest BCUT2D eigenvalue weighted by atomic mass is 10.1. The lowest BCUT2D eigenvalue weighted by molar-refractivity contribution is -0.140. The lowest BCUT2D eigenvalue weighted by Crippen LogP contribution is -2.17. The number of methoxy groups -OCH3 is 1. The molecule has 0 aromatic carbocycles. The third-order valence-corrected chi connectivity index (χ3v) is 3.17. The molecule has 8 nitrogen and oxygen atoms in total. The number of nitrogens with two attached hydrogens (primary N) is 1. The molecule has 8 heteroatoms. The van der Waals surface area contributed by atoms with Gasteiger partial charge < -0.3 is 15.8 Å². The summed E-state index contributed by atoms with van der Waals surface area (Å²) in [6.45, 7) is 0. The van der Waals surface area contributed by atoms with E-state index in [1.807, 2.05) is 0 Å². The number of anilines is 1. The Hall–Kier alpha value is -2.38. The Morgan fingerprint density at radius 3 is 2.45 bits per heavy atom. The second kappa shape index (κ2) is 9.54. The van der Waals surface area contributed by atoms with Crippen molar-refractivity contribution in [3.05, 3.63) is 11.9 Å². The van der Waals surface area contributed by atoms with Crippen molar-refractivity contribution in [3.63, 3.8) is 0 Å². The van der Waals surface area contributed by atoms with Gasteiger partial charge in [0.05, 0.1) is 19.0 Å². The first-order valence-electron chi connectivity index (χ1n) is 7.24. The Morgan fingerprint density at radius 2 is 1.82 bits per heavy atom. The molecule has 0 fully saturated rings. The molecule has 122 valence electrons. The molecule has 1 heterocycles. The number of nitrogens with one attached hydrogen (secondary N) is 2. The topological polar surface area (TPSA) is 127 Å². The zero-order valence-corrected chi connectivity index (χ0v) is 12.7. The summed E-state index contributed by atoms with van der Waals surface area (Å²) in [5.74, 6) is -1.04. The molecule has 1 aromatic rings. The molecule has 0 radical (unpaired) electrons. The molecular weight excluding hydrogens is 288 g/mol. The number of primary amides is 1. The summed E-state index contributed by atoms with van der Waals surface area (Å²) in [6.07, 6.45) is 6.50. The number of nitrogens with zero attached hydrogens (tertiary/aromatic N) is 1. The van der Waals surface area contributed by atoms with E-state index < -0.39 is 5.91 Å². The van der Waals surface area contributed by atoms with Crippen molar-refractivity contribution in [2.45, 2.75) is 44.9 Å². The average molecular weight is 310 g/mol. The van der Waals surface area contributed by atoms with Gasteiger partial charge in [-0.1, -0.05) is 19.3 Å². The van der Waals surface area contributed by atoms with Crippen LogP contribution in [-0.4, -0.2) is 35.1 Å². The second-order valence-electron chi connectivity index (χ2n) is 4.92. The number of hydrogen-bond acceptors (Lipinski definition) is 5. The molecule has 0 aliphatic carbocycles. The van der Waals surface area contributed by atoms with E-state index in [-0.39, 0.29) is 17.6 Å². The van der Waals surface area contributed by atoms with Gasteiger partial charge in [0.15, 0.2) is 0 Å². The smallest absolute Gasteiger partial charge is 0.305 e. The standard InChI is InChI=1S/C14H22N4O4/c1-22-12(20)8-6-4-2-3-5-7-11(19)17-10-9-16-18-13(10)14(15)21/h9H,2-8H2,1H3,(H2,15,21)(H,16,18)(H,17,19). The van der Waals surface area contributed by atoms with E-state index in [2.05, 4.69) is 20.3 Å². The summed E-state index contributed by atoms with van der Waals surface area (Å²) in [7, 11) is 1.38. The van der Waals surface area contributed by atoms with E-state index in [1.54, 1.807) is 0 Å². The van der Waals surface area contributed by atoms with Crippen molar-refractivity contribution in [1.29, 1.82) is 0 Å². The van der Waals surface area contributed by atoms with Gasteiger partial charge in [0.1, 0.15) is 5.69 Å². The number of unbranched alkanes of at least 4 members (excludes halogenated alkanes) is 4. The molecule has 0 aliphatic rings. The number of aromatic amines is 1. The molecule has 0 saturated heterocycles. The maximum atomic E-state index is 11.7. The molecule has 0 unspecified atom stereocenters. The van der Waals surface area contributed by atoms with E-state index in [1.165, 1.54) is 13.3 Å². The van der Waals surface area contributed by atoms with Crippen LogP contribution in [0.5, 0.6) is 0 Å². The summed E-state index contributed by atoms with van der Waals surface area (Å²) in [5, 5.41) is 8.71. The van der Waals surface area contributed by atoms with Crippen LogP contribution in [0.3, 0.4) is 0 Å². The molecule has 0 spiro atoms. The van der Waals surface area contributed by atoms with Crippen LogP contribution in [-0.2, 0) is 14.3 Å². The zero-order valence-electron chi connectivity index (χ0n) is 12.7. The van der Waals surface area contributed by atoms with Gasteiger partial charge in [-0.05, 0) is 12.8 Å². The first-order chi connectivity index (χ1) is 10.5. The number of carbonyl (C=O) groups is 3. The molecule has 4 N–H and O–H groups in total. The van der Waals surface area contributed by atoms with Crippen LogP contribution in [0, 0.1) is 0 Å². The molecule has 1 aromatic heterocycles. The molecule has 2 amide bonds. The summed E-state index contributed by atoms with van der Waals surface area (Å²) in [4.78, 5) is 33.7. The normalized spacial score (nSPS) is 10.2. The van der Waals surface area contributed by atoms with E-state index in [0.29, 0.717) is 18.5 Å². The fourth-order valence-corrected chi connectivity index (χ4v) is 1.97. The van der Waals surface area contributed by atoms with E-state index in [0.717, 1.165) is 32.1 Å². The maximum Gasteiger partial charge on any atom is 0.305 e. The fourth-order valence-electron chi connectivity index (χ4n) is 1.97. The van der Waals surface area contributed by atoms with Crippen LogP contribution < -0.4 is 11.1 Å². The van der Waals surface area contributed by atoms with Gasteiger partial charge in [-0.25, -0.2) is 0 Å². The number of H-pyrrole nitrogens is 1. The van der Waals surface area contributed by atoms with Crippen molar-refractivity contribution in [3.8, 4) is 0 Å². The van der Waals surface area contributed by atoms with Gasteiger partial charge in [-0.3, -0.25) is 19.5 Å². The highest BCUT2D eigenvalue weighted by molar-refractivity contribution is 6.01. The average Bonchev–Trinajstić information content (AvgIpc) is 2.94. The van der Waals surface area contributed by atoms with Crippen LogP contribution >= 0.6 is 0 Å². The summed E-state index contributed by atoms with van der Waals surface area (Å²) in [5.41, 5.74) is 5.53. The predicted octanol–water partition coefficient (Wildman–Crippen LogP) is 1.35. The predicted molar refractivity (Wildman–Crippen MR) is 80.1 cm³/mol. The Kier molecular flexibility index (Phi) is 7.66. The highest BCUT2D eigenvalue weighted by Gasteiger charge is 2.12. The Balaban J connectivity index is 2.12. The van der Waals surface area contributed by atoms with Crippen LogP contribution in [0.15, 0.2) is 6.20 Å². The number of aromatic nitrogens is 2. The summed E-state index contributed by atoms with van der Waals surface area (Å²) in [6, 6.07) is 0. The Bertz CT molecular complexity index is 513.